The van der Waals surface area contributed by atoms with Gasteiger partial charge in [0.05, 0.1) is 6.10 Å². The lowest BCUT2D eigenvalue weighted by Crippen LogP contribution is -2.13. The van der Waals surface area contributed by atoms with Crippen LogP contribution in [-0.4, -0.2) is 34.1 Å². The lowest BCUT2D eigenvalue weighted by molar-refractivity contribution is 0.222. The van der Waals surface area contributed by atoms with Crippen LogP contribution < -0.4 is 15.4 Å². The van der Waals surface area contributed by atoms with E-state index in [2.05, 4.69) is 25.6 Å². The molecule has 2 N–H and O–H groups in total. The first kappa shape index (κ1) is 12.5. The average Bonchev–Trinajstić information content (AvgIpc) is 2.17. The van der Waals surface area contributed by atoms with Gasteiger partial charge < -0.3 is 15.4 Å². The minimum absolute atomic E-state index is 0.0475. The Morgan fingerprint density at radius 1 is 1.00 bits per heavy atom. The molecular formula is C10H19N5O. The fraction of sp³-hybridized carbons (Fsp3) is 0.700. The molecule has 6 nitrogen and oxygen atoms in total. The van der Waals surface area contributed by atoms with Crippen LogP contribution in [0.4, 0.5) is 11.9 Å². The Hall–Kier alpha value is -1.59. The highest BCUT2D eigenvalue weighted by atomic mass is 16.5. The van der Waals surface area contributed by atoms with Gasteiger partial charge >= 0.3 is 6.01 Å². The first-order valence-electron chi connectivity index (χ1n) is 5.56. The number of hydrogen-bond acceptors (Lipinski definition) is 6. The molecule has 0 aliphatic heterocycles. The fourth-order valence-electron chi connectivity index (χ4n) is 1.09. The van der Waals surface area contributed by atoms with E-state index in [1.54, 1.807) is 0 Å². The zero-order valence-corrected chi connectivity index (χ0v) is 10.2. The average molecular weight is 225 g/mol. The predicted molar refractivity (Wildman–Crippen MR) is 63.9 cm³/mol. The van der Waals surface area contributed by atoms with Crippen molar-refractivity contribution in [3.8, 4) is 6.01 Å². The number of nitrogens with one attached hydrogen (secondary N) is 2. The highest BCUT2D eigenvalue weighted by Crippen LogP contribution is 2.12. The van der Waals surface area contributed by atoms with Crippen LogP contribution in [0.3, 0.4) is 0 Å². The molecule has 0 bridgehead atoms. The van der Waals surface area contributed by atoms with Crippen LogP contribution in [0.2, 0.25) is 0 Å². The normalized spacial score (nSPS) is 10.3. The summed E-state index contributed by atoms with van der Waals surface area (Å²) in [7, 11) is 0. The SMILES string of the molecule is CCNc1nc(NCC)nc(OC(C)C)n1. The molecule has 1 rings (SSSR count). The second-order valence-electron chi connectivity index (χ2n) is 3.49. The third-order valence-corrected chi connectivity index (χ3v) is 1.63. The van der Waals surface area contributed by atoms with Crippen LogP contribution in [-0.2, 0) is 0 Å². The standard InChI is InChI=1S/C10H19N5O/c1-5-11-8-13-9(12-6-2)15-10(14-8)16-7(3)4/h7H,5-6H2,1-4H3,(H2,11,12,13,14,15). The molecule has 1 aromatic heterocycles. The quantitative estimate of drug-likeness (QED) is 0.765. The summed E-state index contributed by atoms with van der Waals surface area (Å²) in [6.45, 7) is 9.36. The van der Waals surface area contributed by atoms with E-state index in [1.165, 1.54) is 0 Å². The summed E-state index contributed by atoms with van der Waals surface area (Å²) in [4.78, 5) is 12.5. The van der Waals surface area contributed by atoms with Crippen molar-refractivity contribution in [1.29, 1.82) is 0 Å². The van der Waals surface area contributed by atoms with Gasteiger partial charge in [-0.1, -0.05) is 0 Å². The Labute approximate surface area is 95.9 Å². The van der Waals surface area contributed by atoms with E-state index in [-0.39, 0.29) is 6.10 Å². The number of anilines is 2. The molecule has 1 aromatic rings. The molecule has 0 spiro atoms. The van der Waals surface area contributed by atoms with Crippen molar-refractivity contribution < 1.29 is 4.74 Å². The van der Waals surface area contributed by atoms with Gasteiger partial charge in [0.15, 0.2) is 0 Å². The molecule has 0 saturated carbocycles. The largest absolute Gasteiger partial charge is 0.461 e. The maximum absolute atomic E-state index is 5.45. The predicted octanol–water partition coefficient (Wildman–Crippen LogP) is 1.52. The molecule has 0 unspecified atom stereocenters. The molecule has 6 heteroatoms. The highest BCUT2D eigenvalue weighted by Gasteiger charge is 2.07. The Morgan fingerprint density at radius 3 is 1.88 bits per heavy atom. The summed E-state index contributed by atoms with van der Waals surface area (Å²) in [6.07, 6.45) is 0.0475. The Bertz CT molecular complexity index is 305. The number of rotatable bonds is 6. The monoisotopic (exact) mass is 225 g/mol. The van der Waals surface area contributed by atoms with Crippen molar-refractivity contribution in [3.63, 3.8) is 0 Å². The summed E-state index contributed by atoms with van der Waals surface area (Å²) in [5.41, 5.74) is 0. The van der Waals surface area contributed by atoms with Gasteiger partial charge in [0.25, 0.3) is 0 Å². The van der Waals surface area contributed by atoms with Crippen molar-refractivity contribution in [2.24, 2.45) is 0 Å². The van der Waals surface area contributed by atoms with Crippen molar-refractivity contribution in [3.05, 3.63) is 0 Å². The lowest BCUT2D eigenvalue weighted by atomic mass is 10.5. The van der Waals surface area contributed by atoms with Crippen LogP contribution in [0.25, 0.3) is 0 Å². The molecule has 0 aromatic carbocycles. The molecule has 16 heavy (non-hydrogen) atoms. The second-order valence-corrected chi connectivity index (χ2v) is 3.49. The third kappa shape index (κ3) is 3.88. The molecule has 0 amide bonds. The van der Waals surface area contributed by atoms with E-state index in [0.29, 0.717) is 17.9 Å². The van der Waals surface area contributed by atoms with Crippen LogP contribution in [0.5, 0.6) is 6.01 Å². The molecule has 90 valence electrons. The van der Waals surface area contributed by atoms with Gasteiger partial charge in [0.1, 0.15) is 0 Å². The summed E-state index contributed by atoms with van der Waals surface area (Å²) in [5, 5.41) is 6.08. The van der Waals surface area contributed by atoms with Crippen molar-refractivity contribution >= 4 is 11.9 Å². The minimum atomic E-state index is 0.0475. The summed E-state index contributed by atoms with van der Waals surface area (Å²) in [6, 6.07) is 0.344. The molecule has 0 radical (unpaired) electrons. The summed E-state index contributed by atoms with van der Waals surface area (Å²) < 4.78 is 5.45. The van der Waals surface area contributed by atoms with E-state index in [0.717, 1.165) is 13.1 Å². The highest BCUT2D eigenvalue weighted by molar-refractivity contribution is 5.35. The van der Waals surface area contributed by atoms with Crippen LogP contribution in [0, 0.1) is 0 Å². The molecule has 1 heterocycles. The minimum Gasteiger partial charge on any atom is -0.461 e. The zero-order chi connectivity index (χ0) is 12.0. The number of ether oxygens (including phenoxy) is 1. The number of hydrogen-bond donors (Lipinski definition) is 2. The zero-order valence-electron chi connectivity index (χ0n) is 10.2. The molecule has 0 aliphatic rings. The van der Waals surface area contributed by atoms with E-state index in [4.69, 9.17) is 4.74 Å². The molecule has 0 aliphatic carbocycles. The van der Waals surface area contributed by atoms with Gasteiger partial charge in [-0.25, -0.2) is 0 Å². The Balaban J connectivity index is 2.88. The maximum atomic E-state index is 5.45. The topological polar surface area (TPSA) is 72.0 Å². The Kier molecular flexibility index (Phi) is 4.75. The van der Waals surface area contributed by atoms with Crippen LogP contribution in [0.1, 0.15) is 27.7 Å². The van der Waals surface area contributed by atoms with Gasteiger partial charge in [-0.2, -0.15) is 15.0 Å². The Morgan fingerprint density at radius 2 is 1.50 bits per heavy atom. The van der Waals surface area contributed by atoms with E-state index in [1.807, 2.05) is 27.7 Å². The summed E-state index contributed by atoms with van der Waals surface area (Å²) in [5.74, 6) is 1.06. The lowest BCUT2D eigenvalue weighted by Gasteiger charge is -2.10. The number of nitrogens with zero attached hydrogens (tertiary/aromatic N) is 3. The van der Waals surface area contributed by atoms with Crippen molar-refractivity contribution in [1.82, 2.24) is 15.0 Å². The second kappa shape index (κ2) is 6.09. The smallest absolute Gasteiger partial charge is 0.323 e. The third-order valence-electron chi connectivity index (χ3n) is 1.63. The van der Waals surface area contributed by atoms with Gasteiger partial charge in [-0.15, -0.1) is 0 Å². The fourth-order valence-corrected chi connectivity index (χ4v) is 1.09. The maximum Gasteiger partial charge on any atom is 0.323 e. The van der Waals surface area contributed by atoms with Crippen LogP contribution in [0.15, 0.2) is 0 Å². The van der Waals surface area contributed by atoms with Crippen LogP contribution >= 0.6 is 0 Å². The van der Waals surface area contributed by atoms with Gasteiger partial charge in [0, 0.05) is 13.1 Å². The van der Waals surface area contributed by atoms with Gasteiger partial charge in [0.2, 0.25) is 11.9 Å². The van der Waals surface area contributed by atoms with Crippen molar-refractivity contribution in [2.75, 3.05) is 23.7 Å². The molecule has 0 saturated heterocycles. The molecule has 0 atom stereocenters. The van der Waals surface area contributed by atoms with Crippen molar-refractivity contribution in [2.45, 2.75) is 33.8 Å². The van der Waals surface area contributed by atoms with Gasteiger partial charge in [-0.05, 0) is 27.7 Å². The number of aromatic nitrogens is 3. The molecular weight excluding hydrogens is 206 g/mol. The molecule has 0 fully saturated rings. The van der Waals surface area contributed by atoms with E-state index < -0.39 is 0 Å². The van der Waals surface area contributed by atoms with Gasteiger partial charge in [-0.3, -0.25) is 0 Å². The summed E-state index contributed by atoms with van der Waals surface area (Å²) >= 11 is 0. The van der Waals surface area contributed by atoms with E-state index in [9.17, 15) is 0 Å². The first-order chi connectivity index (χ1) is 7.65. The van der Waals surface area contributed by atoms with E-state index >= 15 is 0 Å². The first-order valence-corrected chi connectivity index (χ1v) is 5.56.